The number of rotatable bonds is 4. The van der Waals surface area contributed by atoms with E-state index in [-0.39, 0.29) is 5.78 Å². The van der Waals surface area contributed by atoms with Crippen molar-refractivity contribution in [1.29, 1.82) is 0 Å². The van der Waals surface area contributed by atoms with E-state index >= 15 is 0 Å². The number of carbonyl (C=O) groups is 1. The first-order valence-corrected chi connectivity index (χ1v) is 2.97. The van der Waals surface area contributed by atoms with Gasteiger partial charge in [0.15, 0.2) is 0 Å². The van der Waals surface area contributed by atoms with Crippen molar-refractivity contribution in [2.75, 3.05) is 13.1 Å². The summed E-state index contributed by atoms with van der Waals surface area (Å²) in [6.45, 7) is 5.41. The lowest BCUT2D eigenvalue weighted by atomic mass is 10.3. The summed E-state index contributed by atoms with van der Waals surface area (Å²) in [5.74, 6) is 0.256. The zero-order chi connectivity index (χ0) is 6.41. The van der Waals surface area contributed by atoms with E-state index in [0.29, 0.717) is 6.42 Å². The molecule has 0 aromatic carbocycles. The number of hydrogen-bond donors (Lipinski definition) is 1. The van der Waals surface area contributed by atoms with Crippen molar-refractivity contribution < 1.29 is 4.79 Å². The smallest absolute Gasteiger partial charge is 0.131 e. The summed E-state index contributed by atoms with van der Waals surface area (Å²) in [5, 5.41) is 3.06. The van der Waals surface area contributed by atoms with E-state index in [9.17, 15) is 4.79 Å². The van der Waals surface area contributed by atoms with E-state index in [0.717, 1.165) is 13.1 Å². The highest BCUT2D eigenvalue weighted by molar-refractivity contribution is 5.75. The molecule has 0 bridgehead atoms. The Labute approximate surface area is 50.3 Å². The molecule has 0 fully saturated rings. The van der Waals surface area contributed by atoms with E-state index in [1.807, 2.05) is 6.92 Å². The molecular formula is C6H13NO. The van der Waals surface area contributed by atoms with E-state index in [4.69, 9.17) is 0 Å². The Balaban J connectivity index is 2.82. The molecule has 0 rings (SSSR count). The van der Waals surface area contributed by atoms with Crippen molar-refractivity contribution in [2.45, 2.75) is 20.3 Å². The first-order valence-electron chi connectivity index (χ1n) is 2.97. The van der Waals surface area contributed by atoms with Crippen molar-refractivity contribution in [3.63, 3.8) is 0 Å². The molecule has 0 saturated heterocycles. The zero-order valence-electron chi connectivity index (χ0n) is 5.53. The largest absolute Gasteiger partial charge is 0.317 e. The van der Waals surface area contributed by atoms with Crippen LogP contribution in [0.1, 0.15) is 20.3 Å². The minimum atomic E-state index is 0.256. The molecule has 0 radical (unpaired) electrons. The van der Waals surface area contributed by atoms with Gasteiger partial charge in [0.05, 0.1) is 0 Å². The molecule has 0 heterocycles. The van der Waals surface area contributed by atoms with Gasteiger partial charge in [-0.05, 0) is 13.5 Å². The second-order valence-electron chi connectivity index (χ2n) is 1.81. The van der Waals surface area contributed by atoms with Crippen LogP contribution in [-0.2, 0) is 4.79 Å². The van der Waals surface area contributed by atoms with Crippen LogP contribution in [0.25, 0.3) is 0 Å². The molecule has 0 saturated carbocycles. The number of carbonyl (C=O) groups excluding carboxylic acids is 1. The highest BCUT2D eigenvalue weighted by atomic mass is 16.1. The SMILES string of the molecule is CCNCCC(C)=O. The quantitative estimate of drug-likeness (QED) is 0.543. The summed E-state index contributed by atoms with van der Waals surface area (Å²) in [6.07, 6.45) is 0.661. The first kappa shape index (κ1) is 7.63. The van der Waals surface area contributed by atoms with Crippen molar-refractivity contribution in [1.82, 2.24) is 5.32 Å². The third kappa shape index (κ3) is 5.63. The fraction of sp³-hybridized carbons (Fsp3) is 0.833. The van der Waals surface area contributed by atoms with Crippen LogP contribution in [0.4, 0.5) is 0 Å². The van der Waals surface area contributed by atoms with Crippen molar-refractivity contribution in [2.24, 2.45) is 0 Å². The molecule has 0 aliphatic heterocycles. The van der Waals surface area contributed by atoms with Crippen molar-refractivity contribution in [3.05, 3.63) is 0 Å². The van der Waals surface area contributed by atoms with E-state index < -0.39 is 0 Å². The lowest BCUT2D eigenvalue weighted by molar-refractivity contribution is -0.116. The molecule has 0 aromatic heterocycles. The molecule has 1 N–H and O–H groups in total. The van der Waals surface area contributed by atoms with Crippen molar-refractivity contribution in [3.8, 4) is 0 Å². The summed E-state index contributed by atoms with van der Waals surface area (Å²) in [4.78, 5) is 10.3. The molecule has 0 atom stereocenters. The van der Waals surface area contributed by atoms with Crippen LogP contribution < -0.4 is 5.32 Å². The second kappa shape index (κ2) is 4.78. The van der Waals surface area contributed by atoms with Gasteiger partial charge in [0, 0.05) is 13.0 Å². The third-order valence-electron chi connectivity index (χ3n) is 0.904. The average Bonchev–Trinajstić information content (AvgIpc) is 1.66. The highest BCUT2D eigenvalue weighted by Gasteiger charge is 1.88. The first-order chi connectivity index (χ1) is 3.77. The number of hydrogen-bond acceptors (Lipinski definition) is 2. The van der Waals surface area contributed by atoms with Crippen molar-refractivity contribution >= 4 is 5.78 Å². The number of nitrogens with one attached hydrogen (secondary N) is 1. The number of Topliss-reactive ketones (excluding diaryl/α,β-unsaturated/α-hetero) is 1. The normalized spacial score (nSPS) is 9.25. The third-order valence-corrected chi connectivity index (χ3v) is 0.904. The number of ketones is 1. The molecule has 0 amide bonds. The maximum absolute atomic E-state index is 10.3. The van der Waals surface area contributed by atoms with E-state index in [1.165, 1.54) is 0 Å². The molecule has 0 aliphatic rings. The second-order valence-corrected chi connectivity index (χ2v) is 1.81. The molecule has 0 aromatic rings. The fourth-order valence-corrected chi connectivity index (χ4v) is 0.441. The van der Waals surface area contributed by atoms with E-state index in [2.05, 4.69) is 5.32 Å². The summed E-state index contributed by atoms with van der Waals surface area (Å²) in [5.41, 5.74) is 0. The molecule has 2 heteroatoms. The highest BCUT2D eigenvalue weighted by Crippen LogP contribution is 1.75. The molecule has 48 valence electrons. The van der Waals surface area contributed by atoms with Crippen LogP contribution in [-0.4, -0.2) is 18.9 Å². The van der Waals surface area contributed by atoms with Gasteiger partial charge in [-0.2, -0.15) is 0 Å². The van der Waals surface area contributed by atoms with Crippen LogP contribution in [0.15, 0.2) is 0 Å². The molecule has 0 aliphatic carbocycles. The summed E-state index contributed by atoms with van der Waals surface area (Å²) in [6, 6.07) is 0. The average molecular weight is 115 g/mol. The van der Waals surface area contributed by atoms with Gasteiger partial charge >= 0.3 is 0 Å². The van der Waals surface area contributed by atoms with Crippen LogP contribution in [0, 0.1) is 0 Å². The van der Waals surface area contributed by atoms with Gasteiger partial charge in [0.25, 0.3) is 0 Å². The lowest BCUT2D eigenvalue weighted by Gasteiger charge is -1.94. The van der Waals surface area contributed by atoms with Gasteiger partial charge < -0.3 is 5.32 Å². The molecule has 8 heavy (non-hydrogen) atoms. The van der Waals surface area contributed by atoms with Gasteiger partial charge in [-0.25, -0.2) is 0 Å². The molecular weight excluding hydrogens is 102 g/mol. The summed E-state index contributed by atoms with van der Waals surface area (Å²) in [7, 11) is 0. The molecule has 0 unspecified atom stereocenters. The Morgan fingerprint density at radius 1 is 1.62 bits per heavy atom. The fourth-order valence-electron chi connectivity index (χ4n) is 0.441. The lowest BCUT2D eigenvalue weighted by Crippen LogP contribution is -2.16. The zero-order valence-corrected chi connectivity index (χ0v) is 5.53. The maximum Gasteiger partial charge on any atom is 0.131 e. The Hall–Kier alpha value is -0.370. The Morgan fingerprint density at radius 2 is 2.25 bits per heavy atom. The van der Waals surface area contributed by atoms with Crippen LogP contribution in [0.3, 0.4) is 0 Å². The van der Waals surface area contributed by atoms with Gasteiger partial charge in [0.2, 0.25) is 0 Å². The van der Waals surface area contributed by atoms with Crippen LogP contribution >= 0.6 is 0 Å². The minimum absolute atomic E-state index is 0.256. The van der Waals surface area contributed by atoms with Gasteiger partial charge in [-0.1, -0.05) is 6.92 Å². The summed E-state index contributed by atoms with van der Waals surface area (Å²) < 4.78 is 0. The standard InChI is InChI=1S/C6H13NO/c1-3-7-5-4-6(2)8/h7H,3-5H2,1-2H3. The molecule has 2 nitrogen and oxygen atoms in total. The Morgan fingerprint density at radius 3 is 2.62 bits per heavy atom. The summed E-state index contributed by atoms with van der Waals surface area (Å²) >= 11 is 0. The van der Waals surface area contributed by atoms with Crippen LogP contribution in [0.2, 0.25) is 0 Å². The Kier molecular flexibility index (Phi) is 4.56. The van der Waals surface area contributed by atoms with Crippen LogP contribution in [0.5, 0.6) is 0 Å². The molecule has 0 spiro atoms. The van der Waals surface area contributed by atoms with Gasteiger partial charge in [-0.15, -0.1) is 0 Å². The monoisotopic (exact) mass is 115 g/mol. The Bertz CT molecular complexity index is 70.9. The van der Waals surface area contributed by atoms with Gasteiger partial charge in [0.1, 0.15) is 5.78 Å². The van der Waals surface area contributed by atoms with Gasteiger partial charge in [-0.3, -0.25) is 4.79 Å². The topological polar surface area (TPSA) is 29.1 Å². The predicted molar refractivity (Wildman–Crippen MR) is 33.8 cm³/mol. The minimum Gasteiger partial charge on any atom is -0.317 e. The maximum atomic E-state index is 10.3. The predicted octanol–water partition coefficient (Wildman–Crippen LogP) is 0.575. The van der Waals surface area contributed by atoms with E-state index in [1.54, 1.807) is 6.92 Å².